The Balaban J connectivity index is 1.74. The standard InChI is InChI=1S/C23H14BrN5O2S/c24-14-6-8-15(9-7-14)29-19(30)10-18(23(29)31)32-22-17(12-26)20(13-4-2-1-3-5-13)16(11-25)21(27)28-22/h1-9,18H,10H2,(H2,27,28)/p+1/t18-/m1/s1. The van der Waals surface area contributed by atoms with E-state index in [4.69, 9.17) is 5.73 Å². The number of rotatable bonds is 4. The number of nitrogen functional groups attached to an aromatic ring is 1. The number of thioether (sulfide) groups is 1. The number of aromatic amines is 1. The monoisotopic (exact) mass is 504 g/mol. The van der Waals surface area contributed by atoms with Gasteiger partial charge in [-0.2, -0.15) is 10.5 Å². The van der Waals surface area contributed by atoms with E-state index in [9.17, 15) is 20.1 Å². The molecule has 0 aliphatic carbocycles. The molecule has 1 aliphatic heterocycles. The molecule has 0 spiro atoms. The van der Waals surface area contributed by atoms with Crippen LogP contribution in [0.3, 0.4) is 0 Å². The molecule has 1 aromatic heterocycles. The summed E-state index contributed by atoms with van der Waals surface area (Å²) in [6, 6.07) is 20.1. The van der Waals surface area contributed by atoms with Crippen molar-refractivity contribution in [3.05, 3.63) is 70.2 Å². The first-order valence-corrected chi connectivity index (χ1v) is 11.1. The molecule has 3 N–H and O–H groups in total. The number of pyridine rings is 1. The number of carbonyl (C=O) groups excluding carboxylic acids is 2. The van der Waals surface area contributed by atoms with Crippen molar-refractivity contribution >= 4 is 51.0 Å². The second-order valence-electron chi connectivity index (χ2n) is 6.94. The molecule has 3 aromatic rings. The van der Waals surface area contributed by atoms with Crippen LogP contribution in [0, 0.1) is 22.7 Å². The Morgan fingerprint density at radius 1 is 1.03 bits per heavy atom. The largest absolute Gasteiger partial charge is 0.289 e. The molecule has 156 valence electrons. The molecule has 1 fully saturated rings. The van der Waals surface area contributed by atoms with Gasteiger partial charge < -0.3 is 0 Å². The van der Waals surface area contributed by atoms with Crippen LogP contribution in [0.1, 0.15) is 17.5 Å². The summed E-state index contributed by atoms with van der Waals surface area (Å²) in [6.45, 7) is 0. The van der Waals surface area contributed by atoms with Gasteiger partial charge in [0.1, 0.15) is 28.5 Å². The van der Waals surface area contributed by atoms with Crippen LogP contribution in [-0.2, 0) is 9.59 Å². The number of hydrogen-bond donors (Lipinski definition) is 1. The van der Waals surface area contributed by atoms with Crippen molar-refractivity contribution in [3.63, 3.8) is 0 Å². The van der Waals surface area contributed by atoms with Crippen molar-refractivity contribution in [1.29, 1.82) is 10.5 Å². The summed E-state index contributed by atoms with van der Waals surface area (Å²) in [7, 11) is 0. The maximum atomic E-state index is 13.1. The van der Waals surface area contributed by atoms with E-state index in [0.717, 1.165) is 21.1 Å². The van der Waals surface area contributed by atoms with Gasteiger partial charge in [-0.05, 0) is 29.8 Å². The number of amides is 2. The first-order chi connectivity index (χ1) is 15.4. The van der Waals surface area contributed by atoms with Gasteiger partial charge in [-0.3, -0.25) is 15.3 Å². The number of nitrogens with one attached hydrogen (secondary N) is 1. The topological polar surface area (TPSA) is 125 Å². The maximum absolute atomic E-state index is 13.1. The fourth-order valence-corrected chi connectivity index (χ4v) is 4.94. The zero-order chi connectivity index (χ0) is 22.8. The number of imide groups is 1. The maximum Gasteiger partial charge on any atom is 0.289 e. The van der Waals surface area contributed by atoms with E-state index in [2.05, 4.69) is 33.1 Å². The second-order valence-corrected chi connectivity index (χ2v) is 9.07. The van der Waals surface area contributed by atoms with E-state index in [0.29, 0.717) is 21.8 Å². The molecule has 0 saturated carbocycles. The van der Waals surface area contributed by atoms with Gasteiger partial charge in [0.15, 0.2) is 5.03 Å². The number of nitrogens with two attached hydrogens (primary N) is 1. The third-order valence-electron chi connectivity index (χ3n) is 4.98. The predicted molar refractivity (Wildman–Crippen MR) is 123 cm³/mol. The van der Waals surface area contributed by atoms with E-state index in [1.165, 1.54) is 0 Å². The molecule has 1 saturated heterocycles. The van der Waals surface area contributed by atoms with Gasteiger partial charge in [0.25, 0.3) is 5.82 Å². The highest BCUT2D eigenvalue weighted by Crippen LogP contribution is 2.38. The Bertz CT molecular complexity index is 1310. The predicted octanol–water partition coefficient (Wildman–Crippen LogP) is 3.68. The molecule has 0 bridgehead atoms. The number of halogens is 1. The minimum absolute atomic E-state index is 0.0150. The molecule has 1 atom stereocenters. The normalized spacial score (nSPS) is 15.5. The summed E-state index contributed by atoms with van der Waals surface area (Å²) in [5.41, 5.74) is 8.00. The molecule has 2 aromatic carbocycles. The summed E-state index contributed by atoms with van der Waals surface area (Å²) in [5.74, 6) is -0.601. The van der Waals surface area contributed by atoms with Crippen molar-refractivity contribution < 1.29 is 14.6 Å². The summed E-state index contributed by atoms with van der Waals surface area (Å²) >= 11 is 4.41. The Kier molecular flexibility index (Phi) is 5.95. The number of anilines is 2. The molecule has 4 rings (SSSR count). The zero-order valence-electron chi connectivity index (χ0n) is 16.5. The van der Waals surface area contributed by atoms with E-state index in [1.54, 1.807) is 48.5 Å². The fraction of sp³-hybridized carbons (Fsp3) is 0.0870. The van der Waals surface area contributed by atoms with Gasteiger partial charge in [0.2, 0.25) is 11.8 Å². The van der Waals surface area contributed by atoms with Crippen LogP contribution in [0.2, 0.25) is 0 Å². The lowest BCUT2D eigenvalue weighted by molar-refractivity contribution is -0.410. The van der Waals surface area contributed by atoms with Gasteiger partial charge >= 0.3 is 0 Å². The van der Waals surface area contributed by atoms with Crippen LogP contribution in [-0.4, -0.2) is 17.1 Å². The minimum atomic E-state index is -0.731. The van der Waals surface area contributed by atoms with Gasteiger partial charge in [0, 0.05) is 16.5 Å². The van der Waals surface area contributed by atoms with E-state index in [1.807, 2.05) is 6.07 Å². The lowest BCUT2D eigenvalue weighted by Gasteiger charge is -2.15. The Morgan fingerprint density at radius 3 is 2.31 bits per heavy atom. The average Bonchev–Trinajstić information content (AvgIpc) is 3.07. The first-order valence-electron chi connectivity index (χ1n) is 9.48. The van der Waals surface area contributed by atoms with Crippen molar-refractivity contribution in [3.8, 4) is 23.3 Å². The molecule has 32 heavy (non-hydrogen) atoms. The molecule has 2 amide bonds. The molecule has 0 radical (unpaired) electrons. The fourth-order valence-electron chi connectivity index (χ4n) is 3.53. The highest BCUT2D eigenvalue weighted by atomic mass is 79.9. The Labute approximate surface area is 196 Å². The van der Waals surface area contributed by atoms with Crippen LogP contribution < -0.4 is 15.6 Å². The van der Waals surface area contributed by atoms with Crippen LogP contribution in [0.15, 0.2) is 64.1 Å². The molecule has 1 aliphatic rings. The number of hydrogen-bond acceptors (Lipinski definition) is 6. The summed E-state index contributed by atoms with van der Waals surface area (Å²) in [5, 5.41) is 19.2. The van der Waals surface area contributed by atoms with Crippen LogP contribution in [0.5, 0.6) is 0 Å². The molecule has 9 heteroatoms. The summed E-state index contributed by atoms with van der Waals surface area (Å²) in [4.78, 5) is 29.7. The van der Waals surface area contributed by atoms with Crippen molar-refractivity contribution in [1.82, 2.24) is 0 Å². The lowest BCUT2D eigenvalue weighted by Crippen LogP contribution is -2.31. The average molecular weight is 505 g/mol. The van der Waals surface area contributed by atoms with E-state index < -0.39 is 5.25 Å². The quantitative estimate of drug-likeness (QED) is 0.540. The van der Waals surface area contributed by atoms with Crippen LogP contribution in [0.25, 0.3) is 11.1 Å². The zero-order valence-corrected chi connectivity index (χ0v) is 18.9. The lowest BCUT2D eigenvalue weighted by atomic mass is 9.97. The molecule has 0 unspecified atom stereocenters. The number of carbonyl (C=O) groups is 2. The molecular formula is C23H15BrN5O2S+. The summed E-state index contributed by atoms with van der Waals surface area (Å²) < 4.78 is 0.834. The highest BCUT2D eigenvalue weighted by Gasteiger charge is 2.41. The summed E-state index contributed by atoms with van der Waals surface area (Å²) in [6.07, 6.45) is -0.0150. The van der Waals surface area contributed by atoms with Crippen LogP contribution >= 0.6 is 27.7 Å². The molecule has 7 nitrogen and oxygen atoms in total. The third kappa shape index (κ3) is 3.84. The van der Waals surface area contributed by atoms with Gasteiger partial charge in [-0.1, -0.05) is 58.0 Å². The molecular weight excluding hydrogens is 490 g/mol. The van der Waals surface area contributed by atoms with Gasteiger partial charge in [-0.15, -0.1) is 0 Å². The second kappa shape index (κ2) is 8.83. The number of aromatic nitrogens is 1. The van der Waals surface area contributed by atoms with E-state index >= 15 is 0 Å². The molecule has 2 heterocycles. The number of H-pyrrole nitrogens is 1. The van der Waals surface area contributed by atoms with Crippen molar-refractivity contribution in [2.24, 2.45) is 0 Å². The van der Waals surface area contributed by atoms with Crippen molar-refractivity contribution in [2.75, 3.05) is 10.6 Å². The van der Waals surface area contributed by atoms with Gasteiger partial charge in [-0.25, -0.2) is 9.88 Å². The highest BCUT2D eigenvalue weighted by molar-refractivity contribution is 9.10. The first kappa shape index (κ1) is 21.6. The third-order valence-corrected chi connectivity index (χ3v) is 6.70. The van der Waals surface area contributed by atoms with Gasteiger partial charge in [0.05, 0.1) is 5.69 Å². The Morgan fingerprint density at radius 2 is 1.69 bits per heavy atom. The number of nitriles is 2. The smallest absolute Gasteiger partial charge is 0.286 e. The van der Waals surface area contributed by atoms with E-state index in [-0.39, 0.29) is 35.2 Å². The number of benzene rings is 2. The SMILES string of the molecule is N#Cc1c(N)[nH+]c(S[C@@H]2CC(=O)N(c3ccc(Br)cc3)C2=O)c(C#N)c1-c1ccccc1. The minimum Gasteiger partial charge on any atom is -0.286 e. The van der Waals surface area contributed by atoms with Crippen LogP contribution in [0.4, 0.5) is 11.5 Å². The van der Waals surface area contributed by atoms with Crippen molar-refractivity contribution in [2.45, 2.75) is 16.7 Å². The Hall–Kier alpha value is -3.66. The number of nitrogens with zero attached hydrogens (tertiary/aromatic N) is 3.